The van der Waals surface area contributed by atoms with Gasteiger partial charge in [-0.05, 0) is 43.0 Å². The third-order valence-corrected chi connectivity index (χ3v) is 6.69. The highest BCUT2D eigenvalue weighted by atomic mass is 32.2. The summed E-state index contributed by atoms with van der Waals surface area (Å²) in [6.07, 6.45) is 1.10. The van der Waals surface area contributed by atoms with Gasteiger partial charge in [0.25, 0.3) is 15.9 Å². The zero-order chi connectivity index (χ0) is 21.2. The molecule has 5 N–H and O–H groups in total. The Morgan fingerprint density at radius 3 is 2.69 bits per heavy atom. The molecule has 1 aromatic carbocycles. The predicted octanol–water partition coefficient (Wildman–Crippen LogP) is 1.89. The molecule has 0 fully saturated rings. The van der Waals surface area contributed by atoms with Crippen LogP contribution >= 0.6 is 11.3 Å². The molecule has 3 rings (SSSR count). The maximum Gasteiger partial charge on any atom is 0.303 e. The molecule has 0 aliphatic rings. The fourth-order valence-corrected chi connectivity index (χ4v) is 4.83. The van der Waals surface area contributed by atoms with E-state index in [-0.39, 0.29) is 35.0 Å². The molecule has 2 aromatic heterocycles. The number of hydrogen-bond acceptors (Lipinski definition) is 7. The first-order valence-electron chi connectivity index (χ1n) is 8.72. The van der Waals surface area contributed by atoms with E-state index in [2.05, 4.69) is 19.9 Å². The van der Waals surface area contributed by atoms with E-state index in [9.17, 15) is 18.0 Å². The number of anilines is 1. The fourth-order valence-electron chi connectivity index (χ4n) is 2.89. The van der Waals surface area contributed by atoms with Gasteiger partial charge < -0.3 is 15.8 Å². The Kier molecular flexibility index (Phi) is 5.84. The molecule has 154 valence electrons. The predicted molar refractivity (Wildman–Crippen MR) is 107 cm³/mol. The summed E-state index contributed by atoms with van der Waals surface area (Å²) in [7, 11) is -3.93. The smallest absolute Gasteiger partial charge is 0.303 e. The van der Waals surface area contributed by atoms with Gasteiger partial charge in [-0.25, -0.2) is 8.42 Å². The molecule has 0 radical (unpaired) electrons. The molecular weight excluding hydrogens is 418 g/mol. The first-order chi connectivity index (χ1) is 13.7. The number of nitrogens with one attached hydrogen (secondary N) is 2. The van der Waals surface area contributed by atoms with Crippen LogP contribution in [0.2, 0.25) is 0 Å². The number of sulfonamides is 1. The maximum atomic E-state index is 12.7. The highest BCUT2D eigenvalue weighted by Crippen LogP contribution is 2.28. The van der Waals surface area contributed by atoms with Crippen LogP contribution in [0.25, 0.3) is 10.9 Å². The van der Waals surface area contributed by atoms with Crippen molar-refractivity contribution in [1.82, 2.24) is 15.2 Å². The molecule has 1 amide bonds. The molecule has 0 aliphatic carbocycles. The van der Waals surface area contributed by atoms with Crippen molar-refractivity contribution in [2.24, 2.45) is 5.73 Å². The topological polar surface area (TPSA) is 168 Å². The van der Waals surface area contributed by atoms with Crippen LogP contribution in [0.4, 0.5) is 5.13 Å². The molecule has 0 bridgehead atoms. The monoisotopic (exact) mass is 437 g/mol. The second kappa shape index (κ2) is 8.17. The molecule has 12 heteroatoms. The second-order valence-corrected chi connectivity index (χ2v) is 9.00. The number of aromatic amines is 1. The van der Waals surface area contributed by atoms with Gasteiger partial charge in [-0.2, -0.15) is 0 Å². The minimum absolute atomic E-state index is 0.0206. The Hall–Kier alpha value is -2.99. The SMILES string of the molecule is CCc1nnc(NS(=O)(=O)c2ccc3[nH]c(C(N)=O)c(CCCC(=O)O)c3c2)s1. The molecule has 0 saturated carbocycles. The summed E-state index contributed by atoms with van der Waals surface area (Å²) in [4.78, 5) is 25.4. The summed E-state index contributed by atoms with van der Waals surface area (Å²) in [6.45, 7) is 1.89. The normalized spacial score (nSPS) is 11.6. The number of carboxylic acids is 1. The van der Waals surface area contributed by atoms with Gasteiger partial charge in [-0.15, -0.1) is 10.2 Å². The Bertz CT molecular complexity index is 1180. The minimum Gasteiger partial charge on any atom is -0.481 e. The number of H-pyrrole nitrogens is 1. The lowest BCUT2D eigenvalue weighted by atomic mass is 10.0. The number of carbonyl (C=O) groups is 2. The van der Waals surface area contributed by atoms with Crippen molar-refractivity contribution in [2.45, 2.75) is 37.5 Å². The van der Waals surface area contributed by atoms with Crippen molar-refractivity contribution in [3.05, 3.63) is 34.5 Å². The van der Waals surface area contributed by atoms with E-state index in [1.54, 1.807) is 0 Å². The van der Waals surface area contributed by atoms with Crippen LogP contribution in [0.15, 0.2) is 23.1 Å². The Morgan fingerprint density at radius 1 is 1.31 bits per heavy atom. The Morgan fingerprint density at radius 2 is 2.07 bits per heavy atom. The summed E-state index contributed by atoms with van der Waals surface area (Å²) < 4.78 is 27.9. The number of hydrogen-bond donors (Lipinski definition) is 4. The Balaban J connectivity index is 1.98. The van der Waals surface area contributed by atoms with E-state index in [4.69, 9.17) is 10.8 Å². The molecule has 29 heavy (non-hydrogen) atoms. The van der Waals surface area contributed by atoms with Crippen LogP contribution in [0.1, 0.15) is 40.8 Å². The number of fused-ring (bicyclic) bond motifs is 1. The van der Waals surface area contributed by atoms with E-state index in [1.807, 2.05) is 6.92 Å². The van der Waals surface area contributed by atoms with E-state index in [0.717, 1.165) is 11.3 Å². The van der Waals surface area contributed by atoms with Crippen molar-refractivity contribution < 1.29 is 23.1 Å². The van der Waals surface area contributed by atoms with Gasteiger partial charge in [0.15, 0.2) is 0 Å². The molecule has 10 nitrogen and oxygen atoms in total. The third-order valence-electron chi connectivity index (χ3n) is 4.24. The highest BCUT2D eigenvalue weighted by Gasteiger charge is 2.21. The number of aryl methyl sites for hydroxylation is 2. The zero-order valence-corrected chi connectivity index (χ0v) is 17.1. The zero-order valence-electron chi connectivity index (χ0n) is 15.4. The van der Waals surface area contributed by atoms with Gasteiger partial charge in [0.2, 0.25) is 5.13 Å². The number of primary amides is 1. The quantitative estimate of drug-likeness (QED) is 0.396. The Labute approximate surface area is 170 Å². The van der Waals surface area contributed by atoms with E-state index < -0.39 is 21.9 Å². The number of carboxylic acid groups (broad SMARTS) is 1. The lowest BCUT2D eigenvalue weighted by molar-refractivity contribution is -0.137. The summed E-state index contributed by atoms with van der Waals surface area (Å²) in [5.74, 6) is -1.66. The number of benzene rings is 1. The molecule has 0 unspecified atom stereocenters. The van der Waals surface area contributed by atoms with Crippen LogP contribution in [0.5, 0.6) is 0 Å². The van der Waals surface area contributed by atoms with E-state index in [0.29, 0.717) is 27.9 Å². The minimum atomic E-state index is -3.93. The van der Waals surface area contributed by atoms with Crippen LogP contribution < -0.4 is 10.5 Å². The average Bonchev–Trinajstić information content (AvgIpc) is 3.25. The molecule has 0 spiro atoms. The van der Waals surface area contributed by atoms with Crippen LogP contribution in [-0.2, 0) is 27.7 Å². The lowest BCUT2D eigenvalue weighted by Gasteiger charge is -2.06. The second-order valence-electron chi connectivity index (χ2n) is 6.26. The molecule has 2 heterocycles. The largest absolute Gasteiger partial charge is 0.481 e. The van der Waals surface area contributed by atoms with Gasteiger partial charge in [0.1, 0.15) is 10.7 Å². The van der Waals surface area contributed by atoms with Crippen LogP contribution in [-0.4, -0.2) is 40.6 Å². The maximum absolute atomic E-state index is 12.7. The van der Waals surface area contributed by atoms with Crippen LogP contribution in [0, 0.1) is 0 Å². The number of aliphatic carboxylic acids is 1. The van der Waals surface area contributed by atoms with Gasteiger partial charge in [0, 0.05) is 17.3 Å². The molecular formula is C17H19N5O5S2. The molecule has 3 aromatic rings. The lowest BCUT2D eigenvalue weighted by Crippen LogP contribution is -2.14. The summed E-state index contributed by atoms with van der Waals surface area (Å²) in [5.41, 5.74) is 6.59. The number of aromatic nitrogens is 3. The first kappa shape index (κ1) is 20.7. The standard InChI is InChI=1S/C17H19N5O5S2/c1-2-13-20-21-17(28-13)22-29(26,27)9-6-7-12-11(8-9)10(4-3-5-14(23)24)15(19-12)16(18)25/h6-8,19H,2-5H2,1H3,(H2,18,25)(H,21,22)(H,23,24). The van der Waals surface area contributed by atoms with Gasteiger partial charge >= 0.3 is 5.97 Å². The van der Waals surface area contributed by atoms with Crippen LogP contribution in [0.3, 0.4) is 0 Å². The number of amides is 1. The first-order valence-corrected chi connectivity index (χ1v) is 11.0. The number of nitrogens with zero attached hydrogens (tertiary/aromatic N) is 2. The molecule has 0 saturated heterocycles. The summed E-state index contributed by atoms with van der Waals surface area (Å²) >= 11 is 1.15. The van der Waals surface area contributed by atoms with E-state index in [1.165, 1.54) is 18.2 Å². The van der Waals surface area contributed by atoms with Gasteiger partial charge in [-0.1, -0.05) is 18.3 Å². The third kappa shape index (κ3) is 4.54. The summed E-state index contributed by atoms with van der Waals surface area (Å²) in [6, 6.07) is 4.36. The molecule has 0 atom stereocenters. The van der Waals surface area contributed by atoms with E-state index >= 15 is 0 Å². The van der Waals surface area contributed by atoms with Crippen molar-refractivity contribution in [3.63, 3.8) is 0 Å². The number of carbonyl (C=O) groups excluding carboxylic acids is 1. The summed E-state index contributed by atoms with van der Waals surface area (Å²) in [5, 5.41) is 17.9. The van der Waals surface area contributed by atoms with Gasteiger partial charge in [0.05, 0.1) is 4.90 Å². The number of nitrogens with two attached hydrogens (primary N) is 1. The molecule has 0 aliphatic heterocycles. The van der Waals surface area contributed by atoms with Crippen molar-refractivity contribution >= 4 is 49.3 Å². The number of rotatable bonds is 9. The fraction of sp³-hybridized carbons (Fsp3) is 0.294. The highest BCUT2D eigenvalue weighted by molar-refractivity contribution is 7.93. The van der Waals surface area contributed by atoms with Crippen molar-refractivity contribution in [3.8, 4) is 0 Å². The average molecular weight is 438 g/mol. The van der Waals surface area contributed by atoms with Crippen molar-refractivity contribution in [2.75, 3.05) is 4.72 Å². The van der Waals surface area contributed by atoms with Gasteiger partial charge in [-0.3, -0.25) is 14.3 Å². The van der Waals surface area contributed by atoms with Crippen molar-refractivity contribution in [1.29, 1.82) is 0 Å².